The van der Waals surface area contributed by atoms with Gasteiger partial charge < -0.3 is 25.0 Å². The molecular formula is C18H28N4O4. The first-order valence-electron chi connectivity index (χ1n) is 9.05. The lowest BCUT2D eigenvalue weighted by atomic mass is 10.1. The smallest absolute Gasteiger partial charge is 0.409 e. The average molecular weight is 364 g/mol. The molecule has 0 atom stereocenters. The van der Waals surface area contributed by atoms with Gasteiger partial charge in [0.15, 0.2) is 0 Å². The van der Waals surface area contributed by atoms with Crippen LogP contribution >= 0.6 is 0 Å². The van der Waals surface area contributed by atoms with Crippen molar-refractivity contribution in [1.82, 2.24) is 15.2 Å². The molecule has 0 bridgehead atoms. The highest BCUT2D eigenvalue weighted by molar-refractivity contribution is 5.92. The Morgan fingerprint density at radius 3 is 2.69 bits per heavy atom. The van der Waals surface area contributed by atoms with E-state index in [2.05, 4.69) is 15.6 Å². The average Bonchev–Trinajstić information content (AvgIpc) is 2.66. The number of likely N-dealkylation sites (tertiary alicyclic amines) is 1. The van der Waals surface area contributed by atoms with Gasteiger partial charge in [-0.3, -0.25) is 4.79 Å². The van der Waals surface area contributed by atoms with Gasteiger partial charge in [-0.05, 0) is 38.3 Å². The van der Waals surface area contributed by atoms with Gasteiger partial charge in [0.05, 0.1) is 18.5 Å². The fourth-order valence-electron chi connectivity index (χ4n) is 2.78. The number of anilines is 1. The Kier molecular flexibility index (Phi) is 8.14. The summed E-state index contributed by atoms with van der Waals surface area (Å²) in [6, 6.07) is 3.84. The second kappa shape index (κ2) is 10.6. The van der Waals surface area contributed by atoms with Gasteiger partial charge in [-0.1, -0.05) is 0 Å². The number of nitrogens with zero attached hydrogens (tertiary/aromatic N) is 2. The fraction of sp³-hybridized carbons (Fsp3) is 0.611. The molecule has 2 heterocycles. The number of carbonyl (C=O) groups excluding carboxylic acids is 2. The van der Waals surface area contributed by atoms with Crippen molar-refractivity contribution in [1.29, 1.82) is 0 Å². The highest BCUT2D eigenvalue weighted by Gasteiger charge is 2.23. The molecular weight excluding hydrogens is 336 g/mol. The molecule has 144 valence electrons. The van der Waals surface area contributed by atoms with Crippen LogP contribution in [0.2, 0.25) is 0 Å². The van der Waals surface area contributed by atoms with E-state index in [0.29, 0.717) is 38.5 Å². The van der Waals surface area contributed by atoms with E-state index in [1.54, 1.807) is 24.3 Å². The molecule has 0 aromatic carbocycles. The summed E-state index contributed by atoms with van der Waals surface area (Å²) in [5, 5.41) is 6.22. The number of rotatable bonds is 8. The molecule has 8 heteroatoms. The highest BCUT2D eigenvalue weighted by Crippen LogP contribution is 2.17. The van der Waals surface area contributed by atoms with E-state index >= 15 is 0 Å². The van der Waals surface area contributed by atoms with Crippen LogP contribution in [0, 0.1) is 0 Å². The summed E-state index contributed by atoms with van der Waals surface area (Å²) in [7, 11) is 1.63. The molecule has 1 aliphatic rings. The number of hydrogen-bond acceptors (Lipinski definition) is 6. The number of nitrogens with one attached hydrogen (secondary N) is 2. The van der Waals surface area contributed by atoms with Crippen LogP contribution in [-0.2, 0) is 9.47 Å². The molecule has 1 fully saturated rings. The standard InChI is InChI=1S/C18H28N4O4/c1-3-26-18(24)22-10-7-14(8-11-22)21-15-5-6-16(20-13-15)17(23)19-9-4-12-25-2/h5-6,13-14,21H,3-4,7-12H2,1-2H3,(H,19,23). The first-order valence-corrected chi connectivity index (χ1v) is 9.05. The Morgan fingerprint density at radius 1 is 1.31 bits per heavy atom. The van der Waals surface area contributed by atoms with Crippen LogP contribution in [0.4, 0.5) is 10.5 Å². The molecule has 1 aliphatic heterocycles. The Labute approximate surface area is 154 Å². The summed E-state index contributed by atoms with van der Waals surface area (Å²) in [5.41, 5.74) is 1.26. The van der Waals surface area contributed by atoms with Crippen molar-refractivity contribution in [2.24, 2.45) is 0 Å². The van der Waals surface area contributed by atoms with Crippen LogP contribution in [0.3, 0.4) is 0 Å². The number of ether oxygens (including phenoxy) is 2. The quantitative estimate of drug-likeness (QED) is 0.684. The summed E-state index contributed by atoms with van der Waals surface area (Å²) < 4.78 is 9.97. The monoisotopic (exact) mass is 364 g/mol. The van der Waals surface area contributed by atoms with E-state index in [0.717, 1.165) is 24.9 Å². The lowest BCUT2D eigenvalue weighted by Gasteiger charge is -2.32. The highest BCUT2D eigenvalue weighted by atomic mass is 16.6. The third-order valence-corrected chi connectivity index (χ3v) is 4.20. The van der Waals surface area contributed by atoms with Crippen LogP contribution in [0.1, 0.15) is 36.7 Å². The molecule has 0 saturated carbocycles. The van der Waals surface area contributed by atoms with Gasteiger partial charge in [0.2, 0.25) is 0 Å². The van der Waals surface area contributed by atoms with Crippen LogP contribution in [-0.4, -0.2) is 67.9 Å². The van der Waals surface area contributed by atoms with Crippen LogP contribution < -0.4 is 10.6 Å². The minimum Gasteiger partial charge on any atom is -0.450 e. The number of piperidine rings is 1. The zero-order chi connectivity index (χ0) is 18.8. The lowest BCUT2D eigenvalue weighted by Crippen LogP contribution is -2.42. The molecule has 1 aromatic rings. The number of amides is 2. The number of pyridine rings is 1. The topological polar surface area (TPSA) is 92.8 Å². The van der Waals surface area contributed by atoms with Crippen molar-refractivity contribution < 1.29 is 19.1 Å². The molecule has 26 heavy (non-hydrogen) atoms. The summed E-state index contributed by atoms with van der Waals surface area (Å²) in [4.78, 5) is 29.6. The van der Waals surface area contributed by atoms with Gasteiger partial charge in [-0.2, -0.15) is 0 Å². The molecule has 0 spiro atoms. The maximum atomic E-state index is 12.0. The van der Waals surface area contributed by atoms with Gasteiger partial charge in [0.25, 0.3) is 5.91 Å². The third kappa shape index (κ3) is 6.18. The van der Waals surface area contributed by atoms with E-state index < -0.39 is 0 Å². The van der Waals surface area contributed by atoms with Gasteiger partial charge in [0.1, 0.15) is 5.69 Å². The van der Waals surface area contributed by atoms with Gasteiger partial charge in [-0.15, -0.1) is 0 Å². The predicted molar refractivity (Wildman–Crippen MR) is 98.3 cm³/mol. The summed E-state index contributed by atoms with van der Waals surface area (Å²) >= 11 is 0. The number of aromatic nitrogens is 1. The molecule has 2 rings (SSSR count). The van der Waals surface area contributed by atoms with Gasteiger partial charge in [-0.25, -0.2) is 9.78 Å². The Balaban J connectivity index is 1.75. The van der Waals surface area contributed by atoms with Gasteiger partial charge >= 0.3 is 6.09 Å². The third-order valence-electron chi connectivity index (χ3n) is 4.20. The number of carbonyl (C=O) groups is 2. The Hall–Kier alpha value is -2.35. The maximum Gasteiger partial charge on any atom is 0.409 e. The summed E-state index contributed by atoms with van der Waals surface area (Å²) in [5.74, 6) is -0.185. The Bertz CT molecular complexity index is 571. The summed E-state index contributed by atoms with van der Waals surface area (Å²) in [6.45, 7) is 4.73. The SMILES string of the molecule is CCOC(=O)N1CCC(Nc2ccc(C(=O)NCCCOC)nc2)CC1. The zero-order valence-electron chi connectivity index (χ0n) is 15.5. The van der Waals surface area contributed by atoms with E-state index in [4.69, 9.17) is 9.47 Å². The van der Waals surface area contributed by atoms with Crippen molar-refractivity contribution in [3.05, 3.63) is 24.0 Å². The second-order valence-electron chi connectivity index (χ2n) is 6.14. The first kappa shape index (κ1) is 20.0. The van der Waals surface area contributed by atoms with Gasteiger partial charge in [0, 0.05) is 39.4 Å². The van der Waals surface area contributed by atoms with Crippen molar-refractivity contribution in [2.45, 2.75) is 32.2 Å². The fourth-order valence-corrected chi connectivity index (χ4v) is 2.78. The van der Waals surface area contributed by atoms with E-state index in [1.807, 2.05) is 13.0 Å². The van der Waals surface area contributed by atoms with E-state index in [-0.39, 0.29) is 18.0 Å². The molecule has 0 aliphatic carbocycles. The molecule has 2 amide bonds. The second-order valence-corrected chi connectivity index (χ2v) is 6.14. The molecule has 1 aromatic heterocycles. The van der Waals surface area contributed by atoms with Crippen LogP contribution in [0.15, 0.2) is 18.3 Å². The molecule has 8 nitrogen and oxygen atoms in total. The molecule has 1 saturated heterocycles. The molecule has 2 N–H and O–H groups in total. The lowest BCUT2D eigenvalue weighted by molar-refractivity contribution is 0.0942. The normalized spacial score (nSPS) is 14.8. The zero-order valence-corrected chi connectivity index (χ0v) is 15.5. The number of hydrogen-bond donors (Lipinski definition) is 2. The molecule has 0 unspecified atom stereocenters. The largest absolute Gasteiger partial charge is 0.450 e. The van der Waals surface area contributed by atoms with Crippen molar-refractivity contribution in [3.8, 4) is 0 Å². The minimum absolute atomic E-state index is 0.185. The first-order chi connectivity index (χ1) is 12.6. The molecule has 0 radical (unpaired) electrons. The van der Waals surface area contributed by atoms with E-state index in [1.165, 1.54) is 0 Å². The van der Waals surface area contributed by atoms with Crippen molar-refractivity contribution in [3.63, 3.8) is 0 Å². The van der Waals surface area contributed by atoms with Crippen molar-refractivity contribution in [2.75, 3.05) is 45.3 Å². The maximum absolute atomic E-state index is 12.0. The number of methoxy groups -OCH3 is 1. The predicted octanol–water partition coefficient (Wildman–Crippen LogP) is 1.88. The summed E-state index contributed by atoms with van der Waals surface area (Å²) in [6.07, 6.45) is 3.89. The van der Waals surface area contributed by atoms with Crippen LogP contribution in [0.25, 0.3) is 0 Å². The Morgan fingerprint density at radius 2 is 2.08 bits per heavy atom. The minimum atomic E-state index is -0.242. The van der Waals surface area contributed by atoms with E-state index in [9.17, 15) is 9.59 Å². The van der Waals surface area contributed by atoms with Crippen LogP contribution in [0.5, 0.6) is 0 Å². The van der Waals surface area contributed by atoms with Crippen molar-refractivity contribution >= 4 is 17.7 Å².